The molecule has 1 atom stereocenters. The number of cyclic esters (lactones) is 1. The molecule has 2 N–H and O–H groups in total. The minimum absolute atomic E-state index is 0.0166. The van der Waals surface area contributed by atoms with Gasteiger partial charge in [0.25, 0.3) is 5.56 Å². The molecule has 0 saturated carbocycles. The highest BCUT2D eigenvalue weighted by molar-refractivity contribution is 7.89. The molecule has 2 aliphatic heterocycles. The van der Waals surface area contributed by atoms with Crippen molar-refractivity contribution < 1.29 is 32.2 Å². The number of halogens is 1. The summed E-state index contributed by atoms with van der Waals surface area (Å²) in [7, 11) is -2.59. The summed E-state index contributed by atoms with van der Waals surface area (Å²) in [5, 5.41) is 11.6. The van der Waals surface area contributed by atoms with Crippen LogP contribution in [0, 0.1) is 5.82 Å². The Balaban J connectivity index is 1.56. The quantitative estimate of drug-likeness (QED) is 0.300. The molecule has 4 aromatic rings. The van der Waals surface area contributed by atoms with Crippen LogP contribution in [0.3, 0.4) is 0 Å². The number of esters is 1. The molecule has 2 aromatic carbocycles. The van der Waals surface area contributed by atoms with E-state index < -0.39 is 33.0 Å². The molecule has 4 heterocycles. The average Bonchev–Trinajstić information content (AvgIpc) is 3.32. The van der Waals surface area contributed by atoms with Crippen molar-refractivity contribution in [1.82, 2.24) is 14.3 Å². The second kappa shape index (κ2) is 9.22. The third-order valence-electron chi connectivity index (χ3n) is 7.57. The van der Waals surface area contributed by atoms with Crippen molar-refractivity contribution in [2.45, 2.75) is 43.5 Å². The van der Waals surface area contributed by atoms with Crippen LogP contribution in [0.15, 0.2) is 58.2 Å². The molecule has 2 aliphatic rings. The topological polar surface area (TPSA) is 137 Å². The van der Waals surface area contributed by atoms with Crippen LogP contribution >= 0.6 is 0 Å². The van der Waals surface area contributed by atoms with E-state index in [1.165, 1.54) is 35.9 Å². The van der Waals surface area contributed by atoms with Gasteiger partial charge in [0.1, 0.15) is 6.61 Å². The molecular formula is C28H24FN3O7S. The Morgan fingerprint density at radius 2 is 1.93 bits per heavy atom. The second-order valence-electron chi connectivity index (χ2n) is 9.66. The van der Waals surface area contributed by atoms with Gasteiger partial charge in [0.2, 0.25) is 10.0 Å². The predicted molar refractivity (Wildman–Crippen MR) is 142 cm³/mol. The smallest absolute Gasteiger partial charge is 0.343 e. The Morgan fingerprint density at radius 3 is 2.62 bits per heavy atom. The number of nitrogens with one attached hydrogen (secondary N) is 1. The Bertz CT molecular complexity index is 1890. The number of nitrogens with zero attached hydrogens (tertiary/aromatic N) is 2. The molecule has 0 spiro atoms. The van der Waals surface area contributed by atoms with Gasteiger partial charge in [0.15, 0.2) is 17.2 Å². The monoisotopic (exact) mass is 565 g/mol. The van der Waals surface area contributed by atoms with E-state index >= 15 is 0 Å². The van der Waals surface area contributed by atoms with Crippen molar-refractivity contribution >= 4 is 26.9 Å². The van der Waals surface area contributed by atoms with Crippen LogP contribution in [-0.2, 0) is 44.9 Å². The summed E-state index contributed by atoms with van der Waals surface area (Å²) in [5.74, 6) is -1.56. The molecule has 0 unspecified atom stereocenters. The minimum atomic E-state index is -3.91. The molecule has 40 heavy (non-hydrogen) atoms. The summed E-state index contributed by atoms with van der Waals surface area (Å²) in [4.78, 5) is 30.8. The first-order valence-electron chi connectivity index (χ1n) is 12.5. The van der Waals surface area contributed by atoms with Gasteiger partial charge in [-0.25, -0.2) is 27.3 Å². The fourth-order valence-corrected chi connectivity index (χ4v) is 6.39. The normalized spacial score (nSPS) is 17.8. The summed E-state index contributed by atoms with van der Waals surface area (Å²) in [6, 6.07) is 12.0. The van der Waals surface area contributed by atoms with E-state index in [0.29, 0.717) is 27.9 Å². The SMILES string of the molecule is CC[C@@]1(O)C(=O)OCc2c1cc1n(c2=O)Cc2c-1nc1cc(F)c(OC)cc1c2CNS(=O)(=O)c1ccccc1. The highest BCUT2D eigenvalue weighted by Crippen LogP contribution is 2.41. The van der Waals surface area contributed by atoms with Gasteiger partial charge in [-0.2, -0.15) is 0 Å². The van der Waals surface area contributed by atoms with Gasteiger partial charge in [-0.05, 0) is 36.2 Å². The fourth-order valence-electron chi connectivity index (χ4n) is 5.37. The fraction of sp³-hybridized carbons (Fsp3) is 0.250. The number of pyridine rings is 2. The van der Waals surface area contributed by atoms with Crippen molar-refractivity contribution in [3.8, 4) is 17.1 Å². The lowest BCUT2D eigenvalue weighted by Gasteiger charge is -2.31. The predicted octanol–water partition coefficient (Wildman–Crippen LogP) is 2.71. The second-order valence-corrected chi connectivity index (χ2v) is 11.4. The van der Waals surface area contributed by atoms with E-state index in [0.717, 1.165) is 0 Å². The van der Waals surface area contributed by atoms with Gasteiger partial charge in [0, 0.05) is 29.1 Å². The molecule has 0 aliphatic carbocycles. The molecule has 0 fully saturated rings. The standard InChI is InChI=1S/C28H24FN3O7S/c1-3-28(35)20-10-23-25-18(13-32(23)26(33)19(20)14-39-27(28)34)17(12-30-40(36,37)15-7-5-4-6-8-15)16-9-24(38-2)21(29)11-22(16)31-25/h4-11,30,35H,3,12-14H2,1-2H3/t28-/m0/s1. The maximum absolute atomic E-state index is 14.8. The van der Waals surface area contributed by atoms with Crippen molar-refractivity contribution in [1.29, 1.82) is 0 Å². The molecule has 0 bridgehead atoms. The van der Waals surface area contributed by atoms with Gasteiger partial charge in [-0.1, -0.05) is 25.1 Å². The lowest BCUT2D eigenvalue weighted by Crippen LogP contribution is -2.44. The van der Waals surface area contributed by atoms with Gasteiger partial charge in [0.05, 0.1) is 41.0 Å². The van der Waals surface area contributed by atoms with Gasteiger partial charge in [-0.3, -0.25) is 4.79 Å². The average molecular weight is 566 g/mol. The highest BCUT2D eigenvalue weighted by Gasteiger charge is 2.45. The molecule has 0 amide bonds. The van der Waals surface area contributed by atoms with E-state index in [1.807, 2.05) is 0 Å². The molecule has 6 rings (SSSR count). The Morgan fingerprint density at radius 1 is 1.18 bits per heavy atom. The van der Waals surface area contributed by atoms with E-state index in [-0.39, 0.29) is 53.4 Å². The van der Waals surface area contributed by atoms with Crippen LogP contribution in [0.4, 0.5) is 4.39 Å². The van der Waals surface area contributed by atoms with Gasteiger partial charge < -0.3 is 19.1 Å². The minimum Gasteiger partial charge on any atom is -0.494 e. The largest absolute Gasteiger partial charge is 0.494 e. The number of ether oxygens (including phenoxy) is 2. The molecule has 206 valence electrons. The molecular weight excluding hydrogens is 541 g/mol. The van der Waals surface area contributed by atoms with Crippen molar-refractivity contribution in [2.24, 2.45) is 0 Å². The molecule has 0 saturated heterocycles. The van der Waals surface area contributed by atoms with E-state index in [4.69, 9.17) is 9.47 Å². The first-order chi connectivity index (χ1) is 19.1. The summed E-state index contributed by atoms with van der Waals surface area (Å²) >= 11 is 0. The van der Waals surface area contributed by atoms with Crippen LogP contribution in [0.1, 0.15) is 35.6 Å². The summed E-state index contributed by atoms with van der Waals surface area (Å²) in [5.41, 5.74) is -0.276. The van der Waals surface area contributed by atoms with E-state index in [9.17, 15) is 27.5 Å². The zero-order valence-corrected chi connectivity index (χ0v) is 22.3. The highest BCUT2D eigenvalue weighted by atomic mass is 32.2. The Hall–Kier alpha value is -4.13. The summed E-state index contributed by atoms with van der Waals surface area (Å²) in [6.45, 7) is 1.18. The van der Waals surface area contributed by atoms with Crippen LogP contribution in [0.25, 0.3) is 22.3 Å². The number of carbonyl (C=O) groups is 1. The van der Waals surface area contributed by atoms with Crippen molar-refractivity contribution in [3.05, 3.63) is 87.0 Å². The maximum atomic E-state index is 14.8. The van der Waals surface area contributed by atoms with Gasteiger partial charge in [-0.15, -0.1) is 0 Å². The molecule has 12 heteroatoms. The van der Waals surface area contributed by atoms with Crippen LogP contribution in [-0.4, -0.2) is 36.2 Å². The number of methoxy groups -OCH3 is 1. The van der Waals surface area contributed by atoms with E-state index in [2.05, 4.69) is 9.71 Å². The number of hydrogen-bond donors (Lipinski definition) is 2. The number of carbonyl (C=O) groups excluding carboxylic acids is 1. The Kier molecular flexibility index (Phi) is 6.02. The zero-order valence-electron chi connectivity index (χ0n) is 21.5. The van der Waals surface area contributed by atoms with Crippen molar-refractivity contribution in [3.63, 3.8) is 0 Å². The number of rotatable bonds is 6. The van der Waals surface area contributed by atoms with Crippen molar-refractivity contribution in [2.75, 3.05) is 7.11 Å². The number of fused-ring (bicyclic) bond motifs is 5. The Labute approximate surface area is 228 Å². The van der Waals surface area contributed by atoms with Crippen LogP contribution in [0.2, 0.25) is 0 Å². The summed E-state index contributed by atoms with van der Waals surface area (Å²) in [6.07, 6.45) is -0.0166. The lowest BCUT2D eigenvalue weighted by atomic mass is 9.86. The molecule has 10 nitrogen and oxygen atoms in total. The third kappa shape index (κ3) is 3.82. The molecule has 2 aromatic heterocycles. The molecule has 0 radical (unpaired) electrons. The van der Waals surface area contributed by atoms with Crippen LogP contribution in [0.5, 0.6) is 5.75 Å². The first-order valence-corrected chi connectivity index (χ1v) is 14.0. The lowest BCUT2D eigenvalue weighted by molar-refractivity contribution is -0.172. The maximum Gasteiger partial charge on any atom is 0.343 e. The number of aromatic nitrogens is 2. The third-order valence-corrected chi connectivity index (χ3v) is 8.99. The van der Waals surface area contributed by atoms with E-state index in [1.54, 1.807) is 31.2 Å². The first kappa shape index (κ1) is 26.1. The number of benzene rings is 2. The number of aliphatic hydroxyl groups is 1. The zero-order chi connectivity index (χ0) is 28.4. The summed E-state index contributed by atoms with van der Waals surface area (Å²) < 4.78 is 55.2. The number of sulfonamides is 1. The van der Waals surface area contributed by atoms with Crippen LogP contribution < -0.4 is 15.0 Å². The van der Waals surface area contributed by atoms with Gasteiger partial charge >= 0.3 is 5.97 Å². The number of hydrogen-bond acceptors (Lipinski definition) is 8.